The van der Waals surface area contributed by atoms with Crippen molar-refractivity contribution in [2.24, 2.45) is 0 Å². The summed E-state index contributed by atoms with van der Waals surface area (Å²) in [4.78, 5) is 23.9. The molecule has 0 spiro atoms. The molecule has 2 rings (SSSR count). The Hall–Kier alpha value is -2.34. The zero-order valence-electron chi connectivity index (χ0n) is 13.6. The molecule has 0 saturated heterocycles. The van der Waals surface area contributed by atoms with Crippen molar-refractivity contribution in [1.29, 1.82) is 0 Å². The van der Waals surface area contributed by atoms with Gasteiger partial charge in [0.25, 0.3) is 0 Å². The Bertz CT molecular complexity index is 730. The molecule has 0 heterocycles. The van der Waals surface area contributed by atoms with Gasteiger partial charge in [-0.15, -0.1) is 0 Å². The van der Waals surface area contributed by atoms with E-state index in [-0.39, 0.29) is 18.2 Å². The number of carbonyl (C=O) groups is 2. The molecule has 0 atom stereocenters. The van der Waals surface area contributed by atoms with Crippen LogP contribution in [0.3, 0.4) is 0 Å². The van der Waals surface area contributed by atoms with Crippen molar-refractivity contribution in [3.8, 4) is 5.75 Å². The minimum Gasteiger partial charge on any atom is -0.494 e. The number of hydrogen-bond donors (Lipinski definition) is 2. The van der Waals surface area contributed by atoms with E-state index in [0.29, 0.717) is 18.0 Å². The minimum atomic E-state index is -0.372. The maximum atomic E-state index is 11.9. The quantitative estimate of drug-likeness (QED) is 0.728. The first-order valence-corrected chi connectivity index (χ1v) is 8.36. The summed E-state index contributed by atoms with van der Waals surface area (Å²) in [6.07, 6.45) is -0.251. The van der Waals surface area contributed by atoms with Crippen molar-refractivity contribution < 1.29 is 14.3 Å². The molecule has 0 bridgehead atoms. The minimum absolute atomic E-state index is 0.251. The van der Waals surface area contributed by atoms with Crippen LogP contribution < -0.4 is 15.4 Å². The predicted molar refractivity (Wildman–Crippen MR) is 98.4 cm³/mol. The standard InChI is InChI=1S/C18H19BrN2O3/c1-3-24-15-8-6-13(7-9-15)20-17(22)11-18(23)21-14-5-4-12(2)16(19)10-14/h4-10H,3,11H2,1-2H3,(H,20,22)(H,21,23). The summed E-state index contributed by atoms with van der Waals surface area (Å²) in [5.74, 6) is -0.00443. The fraction of sp³-hybridized carbons (Fsp3) is 0.222. The highest BCUT2D eigenvalue weighted by Gasteiger charge is 2.10. The Morgan fingerprint density at radius 3 is 2.17 bits per heavy atom. The van der Waals surface area contributed by atoms with E-state index in [1.54, 1.807) is 36.4 Å². The van der Waals surface area contributed by atoms with Gasteiger partial charge in [-0.2, -0.15) is 0 Å². The Morgan fingerprint density at radius 1 is 1.00 bits per heavy atom. The average molecular weight is 391 g/mol. The Morgan fingerprint density at radius 2 is 1.58 bits per heavy atom. The number of aryl methyl sites for hydroxylation is 1. The van der Waals surface area contributed by atoms with Crippen LogP contribution >= 0.6 is 15.9 Å². The second kappa shape index (κ2) is 8.49. The fourth-order valence-corrected chi connectivity index (χ4v) is 2.41. The van der Waals surface area contributed by atoms with Gasteiger partial charge in [0.15, 0.2) is 0 Å². The van der Waals surface area contributed by atoms with Crippen LogP contribution in [0.25, 0.3) is 0 Å². The van der Waals surface area contributed by atoms with Gasteiger partial charge < -0.3 is 15.4 Å². The predicted octanol–water partition coefficient (Wildman–Crippen LogP) is 4.12. The van der Waals surface area contributed by atoms with E-state index in [1.165, 1.54) is 0 Å². The fourth-order valence-electron chi connectivity index (χ4n) is 2.03. The van der Waals surface area contributed by atoms with E-state index < -0.39 is 0 Å². The molecule has 0 fully saturated rings. The summed E-state index contributed by atoms with van der Waals surface area (Å²) in [7, 11) is 0. The number of rotatable bonds is 6. The first kappa shape index (κ1) is 18.0. The molecule has 0 radical (unpaired) electrons. The molecule has 0 aliphatic heterocycles. The zero-order chi connectivity index (χ0) is 17.5. The molecular formula is C18H19BrN2O3. The number of amides is 2. The third-order valence-electron chi connectivity index (χ3n) is 3.23. The Balaban J connectivity index is 1.86. The van der Waals surface area contributed by atoms with Crippen LogP contribution in [0.2, 0.25) is 0 Å². The average Bonchev–Trinajstić information content (AvgIpc) is 2.53. The number of hydrogen-bond acceptors (Lipinski definition) is 3. The van der Waals surface area contributed by atoms with Gasteiger partial charge in [-0.25, -0.2) is 0 Å². The largest absolute Gasteiger partial charge is 0.494 e. The molecule has 6 heteroatoms. The molecule has 0 aliphatic rings. The summed E-state index contributed by atoms with van der Waals surface area (Å²) in [5.41, 5.74) is 2.34. The van der Waals surface area contributed by atoms with Crippen LogP contribution in [-0.4, -0.2) is 18.4 Å². The molecule has 24 heavy (non-hydrogen) atoms. The van der Waals surface area contributed by atoms with Crippen LogP contribution in [0.1, 0.15) is 18.9 Å². The molecule has 2 aromatic carbocycles. The second-order valence-electron chi connectivity index (χ2n) is 5.19. The lowest BCUT2D eigenvalue weighted by Crippen LogP contribution is -2.21. The topological polar surface area (TPSA) is 67.4 Å². The number of halogens is 1. The summed E-state index contributed by atoms with van der Waals surface area (Å²) in [5, 5.41) is 5.39. The molecule has 0 saturated carbocycles. The number of anilines is 2. The van der Waals surface area contributed by atoms with Gasteiger partial charge in [0, 0.05) is 15.8 Å². The smallest absolute Gasteiger partial charge is 0.233 e. The summed E-state index contributed by atoms with van der Waals surface area (Å²) in [6, 6.07) is 12.5. The van der Waals surface area contributed by atoms with Gasteiger partial charge in [-0.1, -0.05) is 22.0 Å². The van der Waals surface area contributed by atoms with Crippen LogP contribution in [0, 0.1) is 6.92 Å². The Kier molecular flexibility index (Phi) is 6.37. The highest BCUT2D eigenvalue weighted by atomic mass is 79.9. The molecule has 0 aromatic heterocycles. The van der Waals surface area contributed by atoms with E-state index in [1.807, 2.05) is 19.9 Å². The molecule has 126 valence electrons. The van der Waals surface area contributed by atoms with E-state index in [2.05, 4.69) is 26.6 Å². The maximum absolute atomic E-state index is 11.9. The third kappa shape index (κ3) is 5.38. The Labute approximate surface area is 149 Å². The molecule has 2 aromatic rings. The molecule has 2 N–H and O–H groups in total. The van der Waals surface area contributed by atoms with Crippen LogP contribution in [-0.2, 0) is 9.59 Å². The van der Waals surface area contributed by atoms with Gasteiger partial charge in [0.1, 0.15) is 12.2 Å². The summed E-state index contributed by atoms with van der Waals surface area (Å²) >= 11 is 3.41. The second-order valence-corrected chi connectivity index (χ2v) is 6.05. The number of benzene rings is 2. The number of ether oxygens (including phenoxy) is 1. The molecule has 2 amide bonds. The lowest BCUT2D eigenvalue weighted by Gasteiger charge is -2.08. The van der Waals surface area contributed by atoms with E-state index in [9.17, 15) is 9.59 Å². The van der Waals surface area contributed by atoms with Gasteiger partial charge in [-0.05, 0) is 55.8 Å². The van der Waals surface area contributed by atoms with Crippen molar-refractivity contribution in [2.45, 2.75) is 20.3 Å². The molecule has 0 aliphatic carbocycles. The van der Waals surface area contributed by atoms with Gasteiger partial charge >= 0.3 is 0 Å². The van der Waals surface area contributed by atoms with E-state index in [4.69, 9.17) is 4.74 Å². The zero-order valence-corrected chi connectivity index (χ0v) is 15.1. The van der Waals surface area contributed by atoms with Gasteiger partial charge in [0.05, 0.1) is 6.61 Å². The van der Waals surface area contributed by atoms with Crippen LogP contribution in [0.15, 0.2) is 46.9 Å². The number of carbonyl (C=O) groups excluding carboxylic acids is 2. The highest BCUT2D eigenvalue weighted by molar-refractivity contribution is 9.10. The van der Waals surface area contributed by atoms with E-state index in [0.717, 1.165) is 15.8 Å². The lowest BCUT2D eigenvalue weighted by molar-refractivity contribution is -0.123. The van der Waals surface area contributed by atoms with Gasteiger partial charge in [0.2, 0.25) is 11.8 Å². The molecule has 0 unspecified atom stereocenters. The van der Waals surface area contributed by atoms with E-state index >= 15 is 0 Å². The number of nitrogens with one attached hydrogen (secondary N) is 2. The summed E-state index contributed by atoms with van der Waals surface area (Å²) < 4.78 is 6.24. The van der Waals surface area contributed by atoms with Crippen molar-refractivity contribution in [2.75, 3.05) is 17.2 Å². The molecule has 5 nitrogen and oxygen atoms in total. The normalized spacial score (nSPS) is 10.1. The molecular weight excluding hydrogens is 372 g/mol. The first-order valence-electron chi connectivity index (χ1n) is 7.56. The lowest BCUT2D eigenvalue weighted by atomic mass is 10.2. The summed E-state index contributed by atoms with van der Waals surface area (Å²) in [6.45, 7) is 4.45. The first-order chi connectivity index (χ1) is 11.5. The van der Waals surface area contributed by atoms with Crippen molar-refractivity contribution in [3.63, 3.8) is 0 Å². The van der Waals surface area contributed by atoms with Crippen molar-refractivity contribution >= 4 is 39.1 Å². The highest BCUT2D eigenvalue weighted by Crippen LogP contribution is 2.21. The van der Waals surface area contributed by atoms with Crippen molar-refractivity contribution in [1.82, 2.24) is 0 Å². The maximum Gasteiger partial charge on any atom is 0.233 e. The monoisotopic (exact) mass is 390 g/mol. The van der Waals surface area contributed by atoms with Gasteiger partial charge in [-0.3, -0.25) is 9.59 Å². The SMILES string of the molecule is CCOc1ccc(NC(=O)CC(=O)Nc2ccc(C)c(Br)c2)cc1. The van der Waals surface area contributed by atoms with Crippen LogP contribution in [0.4, 0.5) is 11.4 Å². The van der Waals surface area contributed by atoms with Crippen LogP contribution in [0.5, 0.6) is 5.75 Å². The van der Waals surface area contributed by atoms with Crippen molar-refractivity contribution in [3.05, 3.63) is 52.5 Å². The third-order valence-corrected chi connectivity index (χ3v) is 4.08.